The maximum Gasteiger partial charge on any atom is 0.163 e. The number of hydrogen-bond acceptors (Lipinski definition) is 6. The predicted molar refractivity (Wildman–Crippen MR) is 124 cm³/mol. The quantitative estimate of drug-likeness (QED) is 0.487. The van der Waals surface area contributed by atoms with E-state index in [1.807, 2.05) is 10.7 Å². The summed E-state index contributed by atoms with van der Waals surface area (Å²) in [4.78, 5) is 8.77. The second-order valence-corrected chi connectivity index (χ2v) is 9.02. The third-order valence-electron chi connectivity index (χ3n) is 6.60. The van der Waals surface area contributed by atoms with Crippen molar-refractivity contribution in [1.82, 2.24) is 19.7 Å². The highest BCUT2D eigenvalue weighted by molar-refractivity contribution is 6.00. The molecule has 0 amide bonds. The van der Waals surface area contributed by atoms with E-state index in [4.69, 9.17) is 20.3 Å². The summed E-state index contributed by atoms with van der Waals surface area (Å²) < 4.78 is 13.5. The smallest absolute Gasteiger partial charge is 0.163 e. The average Bonchev–Trinajstić information content (AvgIpc) is 3.59. The van der Waals surface area contributed by atoms with Crippen molar-refractivity contribution in [3.05, 3.63) is 42.7 Å². The molecule has 4 aromatic rings. The molecule has 6 rings (SSSR count). The lowest BCUT2D eigenvalue weighted by atomic mass is 10.0. The molecular formula is C25H27N5O2. The van der Waals surface area contributed by atoms with E-state index in [0.29, 0.717) is 11.7 Å². The molecule has 2 aromatic carbocycles. The Morgan fingerprint density at radius 2 is 1.78 bits per heavy atom. The van der Waals surface area contributed by atoms with Gasteiger partial charge in [-0.15, -0.1) is 0 Å². The topological polar surface area (TPSA) is 88.1 Å². The first-order chi connectivity index (χ1) is 15.7. The minimum atomic E-state index is 0.465. The van der Waals surface area contributed by atoms with Crippen molar-refractivity contribution in [2.45, 2.75) is 32.2 Å². The Hall–Kier alpha value is -3.19. The van der Waals surface area contributed by atoms with Gasteiger partial charge in [0.15, 0.2) is 5.65 Å². The lowest BCUT2D eigenvalue weighted by molar-refractivity contribution is 0.0605. The van der Waals surface area contributed by atoms with Gasteiger partial charge >= 0.3 is 0 Å². The number of anilines is 1. The zero-order valence-electron chi connectivity index (χ0n) is 18.0. The number of hydrogen-bond donors (Lipinski definition) is 1. The summed E-state index contributed by atoms with van der Waals surface area (Å²) in [5.41, 5.74) is 8.94. The third-order valence-corrected chi connectivity index (χ3v) is 6.60. The average molecular weight is 430 g/mol. The van der Waals surface area contributed by atoms with Crippen LogP contribution in [-0.2, 0) is 11.3 Å². The Morgan fingerprint density at radius 1 is 0.969 bits per heavy atom. The zero-order valence-corrected chi connectivity index (χ0v) is 18.0. The van der Waals surface area contributed by atoms with E-state index >= 15 is 0 Å². The fourth-order valence-electron chi connectivity index (χ4n) is 4.49. The molecule has 0 radical (unpaired) electrons. The number of nitrogen functional groups attached to an aromatic ring is 1. The van der Waals surface area contributed by atoms with Gasteiger partial charge in [0.25, 0.3) is 0 Å². The van der Waals surface area contributed by atoms with Crippen LogP contribution in [0.4, 0.5) is 5.82 Å². The van der Waals surface area contributed by atoms with Crippen molar-refractivity contribution in [2.24, 2.45) is 11.8 Å². The molecule has 2 aromatic heterocycles. The molecule has 1 aliphatic carbocycles. The summed E-state index contributed by atoms with van der Waals surface area (Å²) in [6, 6.07) is 12.7. The molecule has 0 spiro atoms. The van der Waals surface area contributed by atoms with Crippen LogP contribution in [0.25, 0.3) is 33.1 Å². The van der Waals surface area contributed by atoms with Gasteiger partial charge in [0.2, 0.25) is 0 Å². The highest BCUT2D eigenvalue weighted by atomic mass is 16.5. The van der Waals surface area contributed by atoms with Crippen LogP contribution in [0.15, 0.2) is 42.7 Å². The van der Waals surface area contributed by atoms with Gasteiger partial charge in [-0.05, 0) is 66.5 Å². The predicted octanol–water partition coefficient (Wildman–Crippen LogP) is 4.44. The van der Waals surface area contributed by atoms with Crippen molar-refractivity contribution in [1.29, 1.82) is 0 Å². The van der Waals surface area contributed by atoms with Crippen molar-refractivity contribution < 1.29 is 9.47 Å². The summed E-state index contributed by atoms with van der Waals surface area (Å²) in [6.07, 6.45) is 6.18. The molecule has 32 heavy (non-hydrogen) atoms. The Morgan fingerprint density at radius 3 is 2.62 bits per heavy atom. The standard InChI is InChI=1S/C25H27N5O2/c26-24-22-23(29-30(25(22)28-15-27-24)13-16-7-9-31-10-8-16)20-4-3-19-12-21(6-5-18(19)11-20)32-14-17-1-2-17/h3-6,11-12,15-17H,1-2,7-10,13-14H2,(H2,26,27,28). The Bertz CT molecular complexity index is 1270. The Kier molecular flexibility index (Phi) is 4.91. The highest BCUT2D eigenvalue weighted by Gasteiger charge is 2.22. The monoisotopic (exact) mass is 429 g/mol. The van der Waals surface area contributed by atoms with Crippen LogP contribution in [0.1, 0.15) is 25.7 Å². The number of ether oxygens (including phenoxy) is 2. The van der Waals surface area contributed by atoms with E-state index in [-0.39, 0.29) is 0 Å². The Balaban J connectivity index is 1.36. The number of nitrogens with zero attached hydrogens (tertiary/aromatic N) is 4. The maximum atomic E-state index is 6.30. The number of aromatic nitrogens is 4. The lowest BCUT2D eigenvalue weighted by Gasteiger charge is -2.21. The molecule has 2 N–H and O–H groups in total. The second kappa shape index (κ2) is 8.06. The van der Waals surface area contributed by atoms with Gasteiger partial charge < -0.3 is 15.2 Å². The SMILES string of the molecule is Nc1ncnc2c1c(-c1ccc3cc(OCC4CC4)ccc3c1)nn2CC1CCOCC1. The number of fused-ring (bicyclic) bond motifs is 2. The zero-order chi connectivity index (χ0) is 21.5. The molecule has 2 aliphatic rings. The summed E-state index contributed by atoms with van der Waals surface area (Å²) in [5, 5.41) is 8.08. The lowest BCUT2D eigenvalue weighted by Crippen LogP contribution is -2.21. The first-order valence-electron chi connectivity index (χ1n) is 11.5. The van der Waals surface area contributed by atoms with Crippen LogP contribution >= 0.6 is 0 Å². The van der Waals surface area contributed by atoms with E-state index in [2.05, 4.69) is 40.3 Å². The molecule has 3 heterocycles. The van der Waals surface area contributed by atoms with E-state index in [9.17, 15) is 0 Å². The fraction of sp³-hybridized carbons (Fsp3) is 0.400. The highest BCUT2D eigenvalue weighted by Crippen LogP contribution is 2.34. The van der Waals surface area contributed by atoms with Crippen LogP contribution in [0.2, 0.25) is 0 Å². The van der Waals surface area contributed by atoms with E-state index < -0.39 is 0 Å². The number of rotatable bonds is 6. The minimum absolute atomic E-state index is 0.465. The van der Waals surface area contributed by atoms with Crippen molar-refractivity contribution in [3.63, 3.8) is 0 Å². The van der Waals surface area contributed by atoms with Gasteiger partial charge in [0, 0.05) is 25.3 Å². The number of nitrogens with two attached hydrogens (primary N) is 1. The van der Waals surface area contributed by atoms with Crippen LogP contribution < -0.4 is 10.5 Å². The molecular weight excluding hydrogens is 402 g/mol. The summed E-state index contributed by atoms with van der Waals surface area (Å²) >= 11 is 0. The van der Waals surface area contributed by atoms with Crippen LogP contribution in [0, 0.1) is 11.8 Å². The third kappa shape index (κ3) is 3.77. The van der Waals surface area contributed by atoms with Crippen molar-refractivity contribution >= 4 is 27.6 Å². The van der Waals surface area contributed by atoms with E-state index in [1.54, 1.807) is 0 Å². The maximum absolute atomic E-state index is 6.30. The Labute approximate surface area is 186 Å². The molecule has 1 saturated heterocycles. The van der Waals surface area contributed by atoms with Gasteiger partial charge in [-0.3, -0.25) is 0 Å². The fourth-order valence-corrected chi connectivity index (χ4v) is 4.49. The molecule has 1 saturated carbocycles. The van der Waals surface area contributed by atoms with Crippen molar-refractivity contribution in [3.8, 4) is 17.0 Å². The second-order valence-electron chi connectivity index (χ2n) is 9.02. The molecule has 0 atom stereocenters. The van der Waals surface area contributed by atoms with Gasteiger partial charge in [-0.25, -0.2) is 14.6 Å². The van der Waals surface area contributed by atoms with E-state index in [1.165, 1.54) is 19.2 Å². The molecule has 0 unspecified atom stereocenters. The molecule has 0 bridgehead atoms. The molecule has 7 nitrogen and oxygen atoms in total. The summed E-state index contributed by atoms with van der Waals surface area (Å²) in [5.74, 6) is 2.67. The van der Waals surface area contributed by atoms with Crippen LogP contribution in [0.5, 0.6) is 5.75 Å². The molecule has 1 aliphatic heterocycles. The van der Waals surface area contributed by atoms with Gasteiger partial charge in [0.05, 0.1) is 12.0 Å². The van der Waals surface area contributed by atoms with Crippen LogP contribution in [-0.4, -0.2) is 39.6 Å². The normalized spacial score (nSPS) is 17.2. The minimum Gasteiger partial charge on any atom is -0.493 e. The van der Waals surface area contributed by atoms with Crippen LogP contribution in [0.3, 0.4) is 0 Å². The largest absolute Gasteiger partial charge is 0.493 e. The summed E-state index contributed by atoms with van der Waals surface area (Å²) in [7, 11) is 0. The number of benzene rings is 2. The van der Waals surface area contributed by atoms with E-state index in [0.717, 1.165) is 83.9 Å². The molecule has 7 heteroatoms. The van der Waals surface area contributed by atoms with Gasteiger partial charge in [0.1, 0.15) is 23.6 Å². The summed E-state index contributed by atoms with van der Waals surface area (Å²) in [6.45, 7) is 3.25. The van der Waals surface area contributed by atoms with Gasteiger partial charge in [-0.2, -0.15) is 5.10 Å². The molecule has 164 valence electrons. The molecule has 2 fully saturated rings. The first kappa shape index (κ1) is 19.5. The first-order valence-corrected chi connectivity index (χ1v) is 11.5. The van der Waals surface area contributed by atoms with Crippen molar-refractivity contribution in [2.75, 3.05) is 25.6 Å². The van der Waals surface area contributed by atoms with Gasteiger partial charge in [-0.1, -0.05) is 18.2 Å².